The summed E-state index contributed by atoms with van der Waals surface area (Å²) in [5.74, 6) is -2.38. The van der Waals surface area contributed by atoms with Gasteiger partial charge in [-0.05, 0) is 53.4 Å². The lowest BCUT2D eigenvalue weighted by atomic mass is 9.81. The molecule has 10 nitrogen and oxygen atoms in total. The monoisotopic (exact) mass is 490 g/mol. The topological polar surface area (TPSA) is 145 Å². The molecule has 2 aromatic heterocycles. The molecule has 36 heavy (non-hydrogen) atoms. The Morgan fingerprint density at radius 1 is 1.08 bits per heavy atom. The molecular formula is C26H26N4O6. The number of pyridine rings is 2. The Bertz CT molecular complexity index is 1250. The Balaban J connectivity index is 1.61. The first-order valence-corrected chi connectivity index (χ1v) is 11.2. The minimum Gasteiger partial charge on any atom is -0.497 e. The first kappa shape index (κ1) is 24.6. The third-order valence-electron chi connectivity index (χ3n) is 6.28. The molecule has 3 N–H and O–H groups in total. The zero-order chi connectivity index (χ0) is 25.8. The molecular weight excluding hydrogens is 464 g/mol. The highest BCUT2D eigenvalue weighted by atomic mass is 16.5. The zero-order valence-electron chi connectivity index (χ0n) is 19.8. The number of methoxy groups -OCH3 is 2. The lowest BCUT2D eigenvalue weighted by molar-refractivity contribution is -0.177. The van der Waals surface area contributed by atoms with Crippen molar-refractivity contribution in [3.05, 3.63) is 77.7 Å². The molecule has 186 valence electrons. The van der Waals surface area contributed by atoms with Crippen LogP contribution in [0.2, 0.25) is 0 Å². The van der Waals surface area contributed by atoms with Crippen LogP contribution in [0.5, 0.6) is 11.5 Å². The summed E-state index contributed by atoms with van der Waals surface area (Å²) in [5.41, 5.74) is 7.81. The fourth-order valence-electron chi connectivity index (χ4n) is 4.48. The minimum atomic E-state index is -1.27. The Morgan fingerprint density at radius 3 is 2.53 bits per heavy atom. The maximum atomic E-state index is 13.4. The molecule has 0 bridgehead atoms. The number of carbonyl (C=O) groups excluding carboxylic acids is 2. The number of hydrogen-bond acceptors (Lipinski definition) is 8. The number of rotatable bonds is 9. The second kappa shape index (κ2) is 10.4. The van der Waals surface area contributed by atoms with E-state index in [0.717, 1.165) is 10.5 Å². The van der Waals surface area contributed by atoms with Crippen LogP contribution in [0.4, 0.5) is 5.82 Å². The van der Waals surface area contributed by atoms with Crippen LogP contribution in [-0.4, -0.2) is 58.0 Å². The number of aromatic nitrogens is 2. The molecule has 10 heteroatoms. The van der Waals surface area contributed by atoms with E-state index < -0.39 is 35.7 Å². The molecule has 1 aliphatic rings. The molecule has 1 fully saturated rings. The Kier molecular flexibility index (Phi) is 7.14. The van der Waals surface area contributed by atoms with Crippen LogP contribution < -0.4 is 15.2 Å². The van der Waals surface area contributed by atoms with Gasteiger partial charge in [0.05, 0.1) is 26.3 Å². The SMILES string of the molecule is COc1cccc(C(CC(=O)N2C(=O)[C@H](Cc3ccnc(N)c3)[C@H]2C(=O)O)c2cncc(OC)c2)c1. The number of aliphatic carboxylic acids is 1. The van der Waals surface area contributed by atoms with Crippen molar-refractivity contribution in [3.8, 4) is 11.5 Å². The summed E-state index contributed by atoms with van der Waals surface area (Å²) in [7, 11) is 3.05. The summed E-state index contributed by atoms with van der Waals surface area (Å²) in [4.78, 5) is 47.4. The molecule has 2 amide bonds. The highest BCUT2D eigenvalue weighted by Gasteiger charge is 2.54. The molecule has 1 aliphatic heterocycles. The Morgan fingerprint density at radius 2 is 1.83 bits per heavy atom. The summed E-state index contributed by atoms with van der Waals surface area (Å²) in [5, 5.41) is 9.85. The van der Waals surface area contributed by atoms with Crippen molar-refractivity contribution in [2.75, 3.05) is 20.0 Å². The maximum Gasteiger partial charge on any atom is 0.327 e. The van der Waals surface area contributed by atoms with Gasteiger partial charge in [-0.2, -0.15) is 0 Å². The van der Waals surface area contributed by atoms with Crippen LogP contribution in [-0.2, 0) is 20.8 Å². The van der Waals surface area contributed by atoms with E-state index in [1.807, 2.05) is 6.07 Å². The van der Waals surface area contributed by atoms with Gasteiger partial charge in [0.15, 0.2) is 0 Å². The number of nitrogens with zero attached hydrogens (tertiary/aromatic N) is 3. The second-order valence-corrected chi connectivity index (χ2v) is 8.48. The van der Waals surface area contributed by atoms with Crippen LogP contribution in [0.1, 0.15) is 29.0 Å². The van der Waals surface area contributed by atoms with Gasteiger partial charge in [0.25, 0.3) is 0 Å². The number of carbonyl (C=O) groups is 3. The number of ether oxygens (including phenoxy) is 2. The number of carboxylic acids is 1. The van der Waals surface area contributed by atoms with E-state index in [1.165, 1.54) is 13.3 Å². The van der Waals surface area contributed by atoms with Gasteiger partial charge < -0.3 is 20.3 Å². The Hall–Kier alpha value is -4.47. The van der Waals surface area contributed by atoms with Crippen LogP contribution in [0.15, 0.2) is 61.1 Å². The quantitative estimate of drug-likeness (QED) is 0.431. The Labute approximate surface area is 207 Å². The van der Waals surface area contributed by atoms with E-state index in [1.54, 1.807) is 55.9 Å². The average Bonchev–Trinajstić information content (AvgIpc) is 2.88. The van der Waals surface area contributed by atoms with E-state index in [4.69, 9.17) is 15.2 Å². The number of likely N-dealkylation sites (tertiary alicyclic amines) is 1. The smallest absolute Gasteiger partial charge is 0.327 e. The molecule has 1 saturated heterocycles. The molecule has 4 rings (SSSR count). The lowest BCUT2D eigenvalue weighted by Gasteiger charge is -2.43. The van der Waals surface area contributed by atoms with E-state index in [-0.39, 0.29) is 18.7 Å². The van der Waals surface area contributed by atoms with Crippen LogP contribution >= 0.6 is 0 Å². The third kappa shape index (κ3) is 4.97. The van der Waals surface area contributed by atoms with E-state index in [0.29, 0.717) is 22.6 Å². The standard InChI is InChI=1S/C26H26N4O6/c1-35-18-5-3-4-16(10-18)20(17-11-19(36-2)14-28-13-17)12-23(31)30-24(26(33)34)21(25(30)32)8-15-6-7-29-22(27)9-15/h3-7,9-11,13-14,20-21,24H,8,12H2,1-2H3,(H2,27,29)(H,33,34)/t20?,21-,24+/m1/s1. The number of nitrogen functional groups attached to an aromatic ring is 1. The zero-order valence-corrected chi connectivity index (χ0v) is 19.8. The predicted octanol–water partition coefficient (Wildman–Crippen LogP) is 2.28. The third-order valence-corrected chi connectivity index (χ3v) is 6.28. The van der Waals surface area contributed by atoms with Crippen LogP contribution in [0.3, 0.4) is 0 Å². The second-order valence-electron chi connectivity index (χ2n) is 8.48. The summed E-state index contributed by atoms with van der Waals surface area (Å²) in [6.07, 6.45) is 4.65. The highest BCUT2D eigenvalue weighted by molar-refractivity contribution is 6.08. The van der Waals surface area contributed by atoms with Gasteiger partial charge in [0, 0.05) is 24.7 Å². The predicted molar refractivity (Wildman–Crippen MR) is 129 cm³/mol. The average molecular weight is 491 g/mol. The lowest BCUT2D eigenvalue weighted by Crippen LogP contribution is -2.66. The first-order valence-electron chi connectivity index (χ1n) is 11.2. The molecule has 3 atom stereocenters. The number of hydrogen-bond donors (Lipinski definition) is 2. The molecule has 3 aromatic rings. The number of imide groups is 1. The van der Waals surface area contributed by atoms with Gasteiger partial charge in [-0.25, -0.2) is 9.78 Å². The van der Waals surface area contributed by atoms with Crippen LogP contribution in [0, 0.1) is 5.92 Å². The van der Waals surface area contributed by atoms with Crippen molar-refractivity contribution in [2.45, 2.75) is 24.8 Å². The normalized spacial score (nSPS) is 17.7. The molecule has 0 saturated carbocycles. The molecule has 0 spiro atoms. The van der Waals surface area contributed by atoms with Crippen molar-refractivity contribution < 1.29 is 29.0 Å². The minimum absolute atomic E-state index is 0.144. The number of anilines is 1. The van der Waals surface area contributed by atoms with Gasteiger partial charge in [0.2, 0.25) is 11.8 Å². The summed E-state index contributed by atoms with van der Waals surface area (Å²) >= 11 is 0. The van der Waals surface area contributed by atoms with Crippen molar-refractivity contribution in [2.24, 2.45) is 5.92 Å². The maximum absolute atomic E-state index is 13.4. The van der Waals surface area contributed by atoms with Gasteiger partial charge in [-0.1, -0.05) is 12.1 Å². The highest BCUT2D eigenvalue weighted by Crippen LogP contribution is 2.36. The van der Waals surface area contributed by atoms with Crippen molar-refractivity contribution in [3.63, 3.8) is 0 Å². The largest absolute Gasteiger partial charge is 0.497 e. The fraction of sp³-hybridized carbons (Fsp3) is 0.269. The van der Waals surface area contributed by atoms with Gasteiger partial charge in [-0.3, -0.25) is 19.5 Å². The first-order chi connectivity index (χ1) is 17.3. The van der Waals surface area contributed by atoms with Gasteiger partial charge in [-0.15, -0.1) is 0 Å². The number of β-lactam (4-membered cyclic amide) rings is 1. The van der Waals surface area contributed by atoms with Crippen molar-refractivity contribution >= 4 is 23.6 Å². The number of benzene rings is 1. The molecule has 1 aromatic carbocycles. The molecule has 3 heterocycles. The molecule has 0 radical (unpaired) electrons. The van der Waals surface area contributed by atoms with Gasteiger partial charge in [0.1, 0.15) is 23.4 Å². The van der Waals surface area contributed by atoms with Crippen molar-refractivity contribution in [1.29, 1.82) is 0 Å². The fourth-order valence-corrected chi connectivity index (χ4v) is 4.48. The summed E-state index contributed by atoms with van der Waals surface area (Å²) in [6.45, 7) is 0. The van der Waals surface area contributed by atoms with E-state index in [9.17, 15) is 19.5 Å². The van der Waals surface area contributed by atoms with Gasteiger partial charge >= 0.3 is 5.97 Å². The molecule has 1 unspecified atom stereocenters. The summed E-state index contributed by atoms with van der Waals surface area (Å²) in [6, 6.07) is 10.9. The molecule has 0 aliphatic carbocycles. The van der Waals surface area contributed by atoms with E-state index >= 15 is 0 Å². The number of carboxylic acid groups (broad SMARTS) is 1. The number of nitrogens with two attached hydrogens (primary N) is 1. The number of amides is 2. The summed E-state index contributed by atoms with van der Waals surface area (Å²) < 4.78 is 10.6. The van der Waals surface area contributed by atoms with Crippen LogP contribution in [0.25, 0.3) is 0 Å². The van der Waals surface area contributed by atoms with E-state index in [2.05, 4.69) is 9.97 Å². The van der Waals surface area contributed by atoms with Crippen molar-refractivity contribution in [1.82, 2.24) is 14.9 Å².